The second-order valence-corrected chi connectivity index (χ2v) is 15.8. The number of rotatable bonds is 2. The highest BCUT2D eigenvalue weighted by Crippen LogP contribution is 2.56. The molecular weight excluding hydrogens is 629 g/mol. The van der Waals surface area contributed by atoms with Gasteiger partial charge < -0.3 is 0 Å². The summed E-state index contributed by atoms with van der Waals surface area (Å²) in [6.07, 6.45) is 0. The molecule has 11 rings (SSSR count). The van der Waals surface area contributed by atoms with Crippen molar-refractivity contribution in [3.05, 3.63) is 168 Å². The second kappa shape index (κ2) is 10.2. The van der Waals surface area contributed by atoms with Gasteiger partial charge in [0.2, 0.25) is 0 Å². The predicted octanol–water partition coefficient (Wildman–Crippen LogP) is 13.0. The molecule has 7 aromatic carbocycles. The number of pyridine rings is 2. The molecule has 2 aliphatic rings. The normalized spacial score (nSPS) is 14.8. The van der Waals surface area contributed by atoms with Crippen molar-refractivity contribution in [1.29, 1.82) is 0 Å². The molecule has 0 aliphatic heterocycles. The summed E-state index contributed by atoms with van der Waals surface area (Å²) < 4.78 is 0. The van der Waals surface area contributed by atoms with Crippen molar-refractivity contribution in [2.24, 2.45) is 0 Å². The largest absolute Gasteiger partial charge is 0.248 e. The molecule has 2 aromatic heterocycles. The Bertz CT molecular complexity index is 2890. The lowest BCUT2D eigenvalue weighted by molar-refractivity contribution is 0.661. The van der Waals surface area contributed by atoms with Gasteiger partial charge in [0.1, 0.15) is 0 Å². The molecule has 2 heteroatoms. The summed E-state index contributed by atoms with van der Waals surface area (Å²) in [6.45, 7) is 9.49. The van der Waals surface area contributed by atoms with E-state index in [1.807, 2.05) is 0 Å². The van der Waals surface area contributed by atoms with Crippen LogP contribution in [0.15, 0.2) is 146 Å². The maximum Gasteiger partial charge on any atom is 0.0722 e. The first-order valence-corrected chi connectivity index (χ1v) is 18.3. The van der Waals surface area contributed by atoms with Gasteiger partial charge in [0.05, 0.1) is 22.4 Å². The van der Waals surface area contributed by atoms with Crippen LogP contribution >= 0.6 is 0 Å². The third kappa shape index (κ3) is 3.90. The van der Waals surface area contributed by atoms with Crippen molar-refractivity contribution < 1.29 is 0 Å². The van der Waals surface area contributed by atoms with E-state index in [9.17, 15) is 0 Å². The molecule has 0 fully saturated rings. The van der Waals surface area contributed by atoms with Crippen LogP contribution in [0.25, 0.3) is 88.1 Å². The Kier molecular flexibility index (Phi) is 5.83. The maximum absolute atomic E-state index is 5.41. The molecule has 2 heterocycles. The fourth-order valence-corrected chi connectivity index (χ4v) is 9.58. The van der Waals surface area contributed by atoms with Gasteiger partial charge >= 0.3 is 0 Å². The van der Waals surface area contributed by atoms with Crippen molar-refractivity contribution in [2.45, 2.75) is 38.5 Å². The van der Waals surface area contributed by atoms with Crippen LogP contribution in [0, 0.1) is 0 Å². The Morgan fingerprint density at radius 2 is 0.731 bits per heavy atom. The Morgan fingerprint density at radius 3 is 1.19 bits per heavy atom. The second-order valence-electron chi connectivity index (χ2n) is 15.8. The highest BCUT2D eigenvalue weighted by atomic mass is 14.7. The molecule has 0 N–H and O–H groups in total. The van der Waals surface area contributed by atoms with E-state index in [2.05, 4.69) is 173 Å². The summed E-state index contributed by atoms with van der Waals surface area (Å²) in [5, 5.41) is 7.13. The highest BCUT2D eigenvalue weighted by Gasteiger charge is 2.38. The molecule has 0 atom stereocenters. The SMILES string of the molecule is CC1(C)c2ccccc2-c2cc3c(-c4ccc5ccccc5n4)c4cc5c(cc4c(-c4ccc6ccccc6n4)c3cc21)C(C)(C)c1ccccc1-5. The van der Waals surface area contributed by atoms with E-state index < -0.39 is 0 Å². The minimum atomic E-state index is -0.147. The molecule has 246 valence electrons. The third-order valence-electron chi connectivity index (χ3n) is 12.2. The Labute approximate surface area is 303 Å². The van der Waals surface area contributed by atoms with Crippen LogP contribution in [0.4, 0.5) is 0 Å². The molecule has 52 heavy (non-hydrogen) atoms. The quantitative estimate of drug-likeness (QED) is 0.172. The van der Waals surface area contributed by atoms with Gasteiger partial charge in [-0.2, -0.15) is 0 Å². The number of hydrogen-bond donors (Lipinski definition) is 0. The molecule has 0 saturated carbocycles. The fourth-order valence-electron chi connectivity index (χ4n) is 9.58. The van der Waals surface area contributed by atoms with E-state index in [4.69, 9.17) is 9.97 Å². The molecule has 2 aliphatic carbocycles. The summed E-state index contributed by atoms with van der Waals surface area (Å²) in [5.41, 5.74) is 16.8. The first-order valence-electron chi connectivity index (χ1n) is 18.3. The lowest BCUT2D eigenvalue weighted by Crippen LogP contribution is -2.15. The predicted molar refractivity (Wildman–Crippen MR) is 218 cm³/mol. The number of benzene rings is 7. The summed E-state index contributed by atoms with van der Waals surface area (Å²) in [7, 11) is 0. The molecule has 0 spiro atoms. The number of para-hydroxylation sites is 2. The zero-order valence-electron chi connectivity index (χ0n) is 29.8. The van der Waals surface area contributed by atoms with Gasteiger partial charge in [-0.3, -0.25) is 0 Å². The molecule has 2 nitrogen and oxygen atoms in total. The van der Waals surface area contributed by atoms with E-state index >= 15 is 0 Å². The van der Waals surface area contributed by atoms with E-state index in [0.717, 1.165) is 33.2 Å². The topological polar surface area (TPSA) is 25.8 Å². The van der Waals surface area contributed by atoms with Gasteiger partial charge in [0.25, 0.3) is 0 Å². The minimum absolute atomic E-state index is 0.147. The van der Waals surface area contributed by atoms with Crippen LogP contribution in [-0.2, 0) is 10.8 Å². The van der Waals surface area contributed by atoms with Crippen LogP contribution in [0.1, 0.15) is 49.9 Å². The number of aromatic nitrogens is 2. The molecule has 0 radical (unpaired) electrons. The number of nitrogens with zero attached hydrogens (tertiary/aromatic N) is 2. The van der Waals surface area contributed by atoms with Crippen molar-refractivity contribution >= 4 is 43.4 Å². The maximum atomic E-state index is 5.41. The van der Waals surface area contributed by atoms with Crippen molar-refractivity contribution in [3.63, 3.8) is 0 Å². The first kappa shape index (κ1) is 29.6. The smallest absolute Gasteiger partial charge is 0.0722 e. The highest BCUT2D eigenvalue weighted by molar-refractivity contribution is 6.23. The van der Waals surface area contributed by atoms with E-state index in [1.54, 1.807) is 0 Å². The van der Waals surface area contributed by atoms with Crippen molar-refractivity contribution in [1.82, 2.24) is 9.97 Å². The van der Waals surface area contributed by atoms with Gasteiger partial charge in [-0.05, 0) is 115 Å². The first-order chi connectivity index (χ1) is 25.3. The van der Waals surface area contributed by atoms with Crippen molar-refractivity contribution in [3.8, 4) is 44.8 Å². The van der Waals surface area contributed by atoms with Gasteiger partial charge in [-0.1, -0.05) is 125 Å². The van der Waals surface area contributed by atoms with Crippen LogP contribution in [0.3, 0.4) is 0 Å². The van der Waals surface area contributed by atoms with Gasteiger partial charge in [-0.25, -0.2) is 9.97 Å². The third-order valence-corrected chi connectivity index (χ3v) is 12.2. The summed E-state index contributed by atoms with van der Waals surface area (Å²) >= 11 is 0. The Balaban J connectivity index is 1.37. The minimum Gasteiger partial charge on any atom is -0.248 e. The molecule has 9 aromatic rings. The van der Waals surface area contributed by atoms with Gasteiger partial charge in [0, 0.05) is 32.7 Å². The van der Waals surface area contributed by atoms with Crippen LogP contribution in [0.2, 0.25) is 0 Å². The van der Waals surface area contributed by atoms with E-state index in [0.29, 0.717) is 0 Å². The van der Waals surface area contributed by atoms with Gasteiger partial charge in [0.15, 0.2) is 0 Å². The average Bonchev–Trinajstić information content (AvgIpc) is 3.53. The average molecular weight is 665 g/mol. The Hall–Kier alpha value is -6.12. The molecule has 0 unspecified atom stereocenters. The number of hydrogen-bond acceptors (Lipinski definition) is 2. The van der Waals surface area contributed by atoms with Crippen LogP contribution in [0.5, 0.6) is 0 Å². The number of fused-ring (bicyclic) bond motifs is 10. The zero-order chi connectivity index (χ0) is 34.9. The van der Waals surface area contributed by atoms with Crippen LogP contribution < -0.4 is 0 Å². The van der Waals surface area contributed by atoms with Crippen molar-refractivity contribution in [2.75, 3.05) is 0 Å². The molecule has 0 bridgehead atoms. The van der Waals surface area contributed by atoms with Gasteiger partial charge in [-0.15, -0.1) is 0 Å². The molecular formula is C50H36N2. The van der Waals surface area contributed by atoms with Crippen LogP contribution in [-0.4, -0.2) is 9.97 Å². The standard InChI is InChI=1S/C50H36N2/c1-49(2)39-17-9-7-15-31(39)33-25-35-37(27-41(33)49)48(46-24-22-30-14-6-12-20-44(30)52-46)38-28-42-34(32-16-8-10-18-40(32)50(42,3)4)26-36(38)47(35)45-23-21-29-13-5-11-19-43(29)51-45/h5-28H,1-4H3. The monoisotopic (exact) mass is 664 g/mol. The zero-order valence-corrected chi connectivity index (χ0v) is 29.8. The van der Waals surface area contributed by atoms with E-state index in [1.165, 1.54) is 77.2 Å². The summed E-state index contributed by atoms with van der Waals surface area (Å²) in [4.78, 5) is 10.8. The summed E-state index contributed by atoms with van der Waals surface area (Å²) in [6, 6.07) is 53.6. The molecule has 0 amide bonds. The lowest BCUT2D eigenvalue weighted by atomic mass is 9.78. The van der Waals surface area contributed by atoms with E-state index in [-0.39, 0.29) is 10.8 Å². The fraction of sp³-hybridized carbons (Fsp3) is 0.120. The summed E-state index contributed by atoms with van der Waals surface area (Å²) in [5.74, 6) is 0. The molecule has 0 saturated heterocycles. The Morgan fingerprint density at radius 1 is 0.346 bits per heavy atom. The lowest BCUT2D eigenvalue weighted by Gasteiger charge is -2.25.